The minimum atomic E-state index is -0.0597. The minimum absolute atomic E-state index is 0.0597. The average Bonchev–Trinajstić information content (AvgIpc) is 2.98. The van der Waals surface area contributed by atoms with Gasteiger partial charge >= 0.3 is 0 Å². The van der Waals surface area contributed by atoms with E-state index in [9.17, 15) is 0 Å². The van der Waals surface area contributed by atoms with Crippen LogP contribution in [0.2, 0.25) is 0 Å². The number of hydrogen-bond donors (Lipinski definition) is 2. The molecule has 1 atom stereocenters. The maximum absolute atomic E-state index is 6.28. The van der Waals surface area contributed by atoms with E-state index in [-0.39, 0.29) is 6.04 Å². The largest absolute Gasteiger partial charge is 0.370 e. The van der Waals surface area contributed by atoms with Crippen molar-refractivity contribution in [3.63, 3.8) is 0 Å². The molecule has 1 aromatic rings. The predicted octanol–water partition coefficient (Wildman–Crippen LogP) is 1.18. The number of amidine groups is 1. The lowest BCUT2D eigenvalue weighted by Gasteiger charge is -2.16. The van der Waals surface area contributed by atoms with Gasteiger partial charge in [0.2, 0.25) is 0 Å². The van der Waals surface area contributed by atoms with Crippen LogP contribution in [0.5, 0.6) is 0 Å². The SMILES string of the molecule is NC(C1=NCCN1)c1cccc2c1CCC2. The predicted molar refractivity (Wildman–Crippen MR) is 65.7 cm³/mol. The fourth-order valence-electron chi connectivity index (χ4n) is 2.71. The monoisotopic (exact) mass is 215 g/mol. The molecule has 1 heterocycles. The molecule has 3 heteroatoms. The van der Waals surface area contributed by atoms with Crippen molar-refractivity contribution in [2.24, 2.45) is 10.7 Å². The second-order valence-electron chi connectivity index (χ2n) is 4.51. The van der Waals surface area contributed by atoms with Crippen molar-refractivity contribution in [3.8, 4) is 0 Å². The number of nitrogens with one attached hydrogen (secondary N) is 1. The van der Waals surface area contributed by atoms with Crippen molar-refractivity contribution in [2.45, 2.75) is 25.3 Å². The molecule has 1 unspecified atom stereocenters. The first-order chi connectivity index (χ1) is 7.86. The van der Waals surface area contributed by atoms with E-state index in [2.05, 4.69) is 28.5 Å². The first-order valence-corrected chi connectivity index (χ1v) is 6.01. The summed E-state index contributed by atoms with van der Waals surface area (Å²) in [5.74, 6) is 0.959. The lowest BCUT2D eigenvalue weighted by atomic mass is 9.97. The van der Waals surface area contributed by atoms with Crippen LogP contribution in [-0.2, 0) is 12.8 Å². The van der Waals surface area contributed by atoms with Crippen LogP contribution in [0.25, 0.3) is 0 Å². The molecule has 0 fully saturated rings. The Morgan fingerprint density at radius 3 is 3.06 bits per heavy atom. The van der Waals surface area contributed by atoms with Gasteiger partial charge in [0.25, 0.3) is 0 Å². The summed E-state index contributed by atoms with van der Waals surface area (Å²) in [5, 5.41) is 3.27. The van der Waals surface area contributed by atoms with Crippen LogP contribution in [0.1, 0.15) is 29.2 Å². The summed E-state index contributed by atoms with van der Waals surface area (Å²) in [7, 11) is 0. The smallest absolute Gasteiger partial charge is 0.118 e. The Bertz CT molecular complexity index is 437. The lowest BCUT2D eigenvalue weighted by Crippen LogP contribution is -2.31. The number of rotatable bonds is 2. The van der Waals surface area contributed by atoms with Gasteiger partial charge in [-0.05, 0) is 36.0 Å². The zero-order chi connectivity index (χ0) is 11.0. The molecule has 3 rings (SSSR count). The lowest BCUT2D eigenvalue weighted by molar-refractivity contribution is 0.867. The van der Waals surface area contributed by atoms with E-state index < -0.39 is 0 Å². The molecular formula is C13H17N3. The number of fused-ring (bicyclic) bond motifs is 1. The molecule has 0 saturated carbocycles. The molecule has 0 bridgehead atoms. The first-order valence-electron chi connectivity index (χ1n) is 6.01. The summed E-state index contributed by atoms with van der Waals surface area (Å²) in [5.41, 5.74) is 10.5. The van der Waals surface area contributed by atoms with Gasteiger partial charge in [-0.3, -0.25) is 4.99 Å². The van der Waals surface area contributed by atoms with Crippen LogP contribution in [0.15, 0.2) is 23.2 Å². The number of nitrogens with zero attached hydrogens (tertiary/aromatic N) is 1. The van der Waals surface area contributed by atoms with Crippen molar-refractivity contribution in [1.82, 2.24) is 5.32 Å². The Labute approximate surface area is 95.8 Å². The third kappa shape index (κ3) is 1.52. The summed E-state index contributed by atoms with van der Waals surface area (Å²) in [4.78, 5) is 4.42. The molecule has 1 aliphatic carbocycles. The Hall–Kier alpha value is -1.35. The van der Waals surface area contributed by atoms with Gasteiger partial charge in [-0.1, -0.05) is 18.2 Å². The number of aliphatic imine (C=N–C) groups is 1. The molecule has 1 aliphatic heterocycles. The Kier molecular flexibility index (Phi) is 2.40. The Balaban J connectivity index is 1.97. The van der Waals surface area contributed by atoms with Crippen molar-refractivity contribution in [2.75, 3.05) is 13.1 Å². The van der Waals surface area contributed by atoms with Crippen molar-refractivity contribution in [3.05, 3.63) is 34.9 Å². The standard InChI is InChI=1S/C13H17N3/c14-12(13-15-7-8-16-13)11-6-2-4-9-3-1-5-10(9)11/h2,4,6,12H,1,3,5,7-8,14H2,(H,15,16). The van der Waals surface area contributed by atoms with Crippen LogP contribution < -0.4 is 11.1 Å². The molecule has 84 valence electrons. The third-order valence-electron chi connectivity index (χ3n) is 3.51. The number of benzene rings is 1. The highest BCUT2D eigenvalue weighted by molar-refractivity contribution is 5.90. The highest BCUT2D eigenvalue weighted by Crippen LogP contribution is 2.28. The van der Waals surface area contributed by atoms with Crippen LogP contribution in [-0.4, -0.2) is 18.9 Å². The summed E-state index contributed by atoms with van der Waals surface area (Å²) in [6.45, 7) is 1.79. The van der Waals surface area contributed by atoms with Crippen LogP contribution >= 0.6 is 0 Å². The third-order valence-corrected chi connectivity index (χ3v) is 3.51. The number of nitrogens with two attached hydrogens (primary N) is 1. The Morgan fingerprint density at radius 2 is 2.25 bits per heavy atom. The molecule has 16 heavy (non-hydrogen) atoms. The van der Waals surface area contributed by atoms with Gasteiger partial charge in [0.05, 0.1) is 12.6 Å². The van der Waals surface area contributed by atoms with Crippen molar-refractivity contribution >= 4 is 5.84 Å². The zero-order valence-corrected chi connectivity index (χ0v) is 9.37. The van der Waals surface area contributed by atoms with Gasteiger partial charge < -0.3 is 11.1 Å². The zero-order valence-electron chi connectivity index (χ0n) is 9.37. The van der Waals surface area contributed by atoms with Gasteiger partial charge in [0, 0.05) is 6.54 Å². The van der Waals surface area contributed by atoms with Crippen LogP contribution in [0, 0.1) is 0 Å². The molecule has 1 aromatic carbocycles. The summed E-state index contributed by atoms with van der Waals surface area (Å²) >= 11 is 0. The molecule has 0 radical (unpaired) electrons. The fourth-order valence-corrected chi connectivity index (χ4v) is 2.71. The molecule has 0 saturated heterocycles. The van der Waals surface area contributed by atoms with Gasteiger partial charge in [0.1, 0.15) is 5.84 Å². The van der Waals surface area contributed by atoms with Crippen molar-refractivity contribution in [1.29, 1.82) is 0 Å². The molecular weight excluding hydrogens is 198 g/mol. The van der Waals surface area contributed by atoms with Gasteiger partial charge in [-0.2, -0.15) is 0 Å². The van der Waals surface area contributed by atoms with E-state index in [0.29, 0.717) is 0 Å². The Morgan fingerprint density at radius 1 is 1.31 bits per heavy atom. The molecule has 2 aliphatic rings. The van der Waals surface area contributed by atoms with E-state index >= 15 is 0 Å². The van der Waals surface area contributed by atoms with Crippen molar-refractivity contribution < 1.29 is 0 Å². The second kappa shape index (κ2) is 3.91. The molecule has 3 N–H and O–H groups in total. The van der Waals surface area contributed by atoms with E-state index in [0.717, 1.165) is 18.9 Å². The fraction of sp³-hybridized carbons (Fsp3) is 0.462. The average molecular weight is 215 g/mol. The van der Waals surface area contributed by atoms with E-state index in [1.807, 2.05) is 0 Å². The molecule has 0 aromatic heterocycles. The van der Waals surface area contributed by atoms with Gasteiger partial charge in [0.15, 0.2) is 0 Å². The molecule has 0 amide bonds. The molecule has 0 spiro atoms. The summed E-state index contributed by atoms with van der Waals surface area (Å²) in [6, 6.07) is 6.44. The normalized spacial score (nSPS) is 20.2. The summed E-state index contributed by atoms with van der Waals surface area (Å²) in [6.07, 6.45) is 3.64. The molecule has 3 nitrogen and oxygen atoms in total. The van der Waals surface area contributed by atoms with Gasteiger partial charge in [-0.15, -0.1) is 0 Å². The van der Waals surface area contributed by atoms with Gasteiger partial charge in [-0.25, -0.2) is 0 Å². The number of aryl methyl sites for hydroxylation is 1. The number of hydrogen-bond acceptors (Lipinski definition) is 3. The highest BCUT2D eigenvalue weighted by atomic mass is 15.1. The summed E-state index contributed by atoms with van der Waals surface area (Å²) < 4.78 is 0. The minimum Gasteiger partial charge on any atom is -0.370 e. The highest BCUT2D eigenvalue weighted by Gasteiger charge is 2.22. The van der Waals surface area contributed by atoms with E-state index in [4.69, 9.17) is 5.73 Å². The maximum atomic E-state index is 6.28. The van der Waals surface area contributed by atoms with Crippen LogP contribution in [0.4, 0.5) is 0 Å². The van der Waals surface area contributed by atoms with E-state index in [1.54, 1.807) is 0 Å². The first kappa shape index (κ1) is 9.85. The maximum Gasteiger partial charge on any atom is 0.118 e. The van der Waals surface area contributed by atoms with E-state index in [1.165, 1.54) is 36.0 Å². The topological polar surface area (TPSA) is 50.4 Å². The quantitative estimate of drug-likeness (QED) is 0.778. The van der Waals surface area contributed by atoms with Crippen LogP contribution in [0.3, 0.4) is 0 Å². The second-order valence-corrected chi connectivity index (χ2v) is 4.51.